The number of nitro groups is 1. The second-order valence-electron chi connectivity index (χ2n) is 3.96. The zero-order valence-corrected chi connectivity index (χ0v) is 12.7. The maximum atomic E-state index is 12.3. The average molecular weight is 334 g/mol. The standard InChI is InChI=1S/C11H14N2O6S2/c1-20-8-7-10(11(14)15)12(13(16)17)21(18,19)9-5-3-2-4-6-9/h2-6,10H,7-8H2,1H3,(H,14,15). The van der Waals surface area contributed by atoms with Crippen molar-refractivity contribution in [3.05, 3.63) is 40.4 Å². The number of carboxylic acids is 1. The number of carbonyl (C=O) groups is 1. The Balaban J connectivity index is 3.27. The third-order valence-corrected chi connectivity index (χ3v) is 4.99. The summed E-state index contributed by atoms with van der Waals surface area (Å²) >= 11 is 1.28. The molecule has 0 aromatic heterocycles. The minimum absolute atomic E-state index is 0.163. The molecule has 8 nitrogen and oxygen atoms in total. The Morgan fingerprint density at radius 1 is 1.43 bits per heavy atom. The molecule has 0 saturated carbocycles. The van der Waals surface area contributed by atoms with Crippen LogP contribution in [-0.4, -0.2) is 47.0 Å². The first-order valence-corrected chi connectivity index (χ1v) is 8.61. The summed E-state index contributed by atoms with van der Waals surface area (Å²) in [6.07, 6.45) is 1.53. The van der Waals surface area contributed by atoms with Crippen molar-refractivity contribution < 1.29 is 23.4 Å². The number of rotatable bonds is 8. The molecule has 0 spiro atoms. The van der Waals surface area contributed by atoms with Gasteiger partial charge in [0.2, 0.25) is 6.04 Å². The molecule has 1 atom stereocenters. The fraction of sp³-hybridized carbons (Fsp3) is 0.364. The van der Waals surface area contributed by atoms with E-state index in [0.717, 1.165) is 0 Å². The Kier molecular flexibility index (Phi) is 5.97. The lowest BCUT2D eigenvalue weighted by atomic mass is 10.2. The lowest BCUT2D eigenvalue weighted by Gasteiger charge is -2.20. The average Bonchev–Trinajstić information content (AvgIpc) is 2.43. The molecule has 116 valence electrons. The molecular weight excluding hydrogens is 320 g/mol. The van der Waals surface area contributed by atoms with Gasteiger partial charge in [0.05, 0.1) is 4.90 Å². The SMILES string of the molecule is CSCCC(C(=O)O)N([N+](=O)[O-])S(=O)(=O)c1ccccc1. The summed E-state index contributed by atoms with van der Waals surface area (Å²) < 4.78 is 24.4. The molecule has 0 radical (unpaired) electrons. The number of nitrogens with zero attached hydrogens (tertiary/aromatic N) is 2. The molecule has 1 N–H and O–H groups in total. The topological polar surface area (TPSA) is 118 Å². The number of hydrogen-bond donors (Lipinski definition) is 1. The molecule has 21 heavy (non-hydrogen) atoms. The number of aliphatic carboxylic acids is 1. The van der Waals surface area contributed by atoms with Crippen LogP contribution in [0.4, 0.5) is 0 Å². The van der Waals surface area contributed by atoms with Crippen molar-refractivity contribution in [2.24, 2.45) is 0 Å². The van der Waals surface area contributed by atoms with Crippen LogP contribution in [-0.2, 0) is 14.8 Å². The van der Waals surface area contributed by atoms with Crippen LogP contribution in [0.1, 0.15) is 6.42 Å². The van der Waals surface area contributed by atoms with E-state index in [2.05, 4.69) is 0 Å². The van der Waals surface area contributed by atoms with Gasteiger partial charge in [0.1, 0.15) is 0 Å². The monoisotopic (exact) mass is 334 g/mol. The molecule has 1 aromatic carbocycles. The normalized spacial score (nSPS) is 12.6. The number of carboxylic acid groups (broad SMARTS) is 1. The van der Waals surface area contributed by atoms with Crippen molar-refractivity contribution in [3.8, 4) is 0 Å². The van der Waals surface area contributed by atoms with Gasteiger partial charge in [-0.2, -0.15) is 20.2 Å². The Labute approximate surface area is 125 Å². The zero-order chi connectivity index (χ0) is 16.0. The minimum Gasteiger partial charge on any atom is -0.480 e. The van der Waals surface area contributed by atoms with Gasteiger partial charge in [0.15, 0.2) is 5.03 Å². The predicted molar refractivity (Wildman–Crippen MR) is 76.9 cm³/mol. The van der Waals surface area contributed by atoms with Gasteiger partial charge in [0, 0.05) is 4.41 Å². The third kappa shape index (κ3) is 4.08. The summed E-state index contributed by atoms with van der Waals surface area (Å²) in [6.45, 7) is 0. The van der Waals surface area contributed by atoms with Crippen LogP contribution in [0, 0.1) is 10.1 Å². The predicted octanol–water partition coefficient (Wildman–Crippen LogP) is 1.08. The summed E-state index contributed by atoms with van der Waals surface area (Å²) in [5, 5.41) is 19.0. The highest BCUT2D eigenvalue weighted by Crippen LogP contribution is 2.20. The van der Waals surface area contributed by atoms with Crippen molar-refractivity contribution in [2.45, 2.75) is 17.4 Å². The van der Waals surface area contributed by atoms with Gasteiger partial charge in [-0.15, -0.1) is 0 Å². The first kappa shape index (κ1) is 17.2. The molecule has 1 unspecified atom stereocenters. The van der Waals surface area contributed by atoms with Crippen LogP contribution in [0.3, 0.4) is 0 Å². The van der Waals surface area contributed by atoms with Crippen LogP contribution in [0.25, 0.3) is 0 Å². The van der Waals surface area contributed by atoms with Gasteiger partial charge >= 0.3 is 16.0 Å². The zero-order valence-electron chi connectivity index (χ0n) is 11.1. The second kappa shape index (κ2) is 7.27. The second-order valence-corrected chi connectivity index (χ2v) is 6.75. The van der Waals surface area contributed by atoms with Crippen LogP contribution in [0.2, 0.25) is 0 Å². The van der Waals surface area contributed by atoms with E-state index in [0.29, 0.717) is 0 Å². The van der Waals surface area contributed by atoms with Gasteiger partial charge in [-0.3, -0.25) is 0 Å². The van der Waals surface area contributed by atoms with E-state index in [1.165, 1.54) is 36.0 Å². The van der Waals surface area contributed by atoms with Gasteiger partial charge in [-0.05, 0) is 30.6 Å². The van der Waals surface area contributed by atoms with Gasteiger partial charge in [0.25, 0.3) is 0 Å². The lowest BCUT2D eigenvalue weighted by Crippen LogP contribution is -2.48. The lowest BCUT2D eigenvalue weighted by molar-refractivity contribution is -0.625. The Bertz CT molecular complexity index is 604. The molecule has 0 aliphatic rings. The number of hydrazine groups is 1. The number of hydrogen-bond acceptors (Lipinski definition) is 6. The molecule has 0 fully saturated rings. The largest absolute Gasteiger partial charge is 0.480 e. The Morgan fingerprint density at radius 3 is 2.43 bits per heavy atom. The molecule has 0 aliphatic heterocycles. The maximum absolute atomic E-state index is 12.3. The fourth-order valence-corrected chi connectivity index (χ4v) is 3.51. The summed E-state index contributed by atoms with van der Waals surface area (Å²) in [7, 11) is -4.53. The van der Waals surface area contributed by atoms with E-state index in [1.807, 2.05) is 0 Å². The summed E-state index contributed by atoms with van der Waals surface area (Å²) in [5.41, 5.74) is 0. The van der Waals surface area contributed by atoms with E-state index in [9.17, 15) is 23.3 Å². The highest BCUT2D eigenvalue weighted by atomic mass is 32.2. The molecule has 0 heterocycles. The summed E-state index contributed by atoms with van der Waals surface area (Å²) in [5.74, 6) is -1.27. The molecule has 0 bridgehead atoms. The van der Waals surface area contributed by atoms with Gasteiger partial charge in [-0.25, -0.2) is 14.9 Å². The van der Waals surface area contributed by atoms with Crippen molar-refractivity contribution in [2.75, 3.05) is 12.0 Å². The first-order valence-electron chi connectivity index (χ1n) is 5.78. The van der Waals surface area contributed by atoms with Crippen LogP contribution >= 0.6 is 11.8 Å². The fourth-order valence-electron chi connectivity index (χ4n) is 1.63. The number of sulfonamides is 1. The van der Waals surface area contributed by atoms with E-state index >= 15 is 0 Å². The highest BCUT2D eigenvalue weighted by molar-refractivity contribution is 7.98. The number of thioether (sulfide) groups is 1. The summed E-state index contributed by atoms with van der Waals surface area (Å²) in [4.78, 5) is 22.0. The molecule has 10 heteroatoms. The highest BCUT2D eigenvalue weighted by Gasteiger charge is 2.43. The minimum atomic E-state index is -4.53. The molecule has 0 aliphatic carbocycles. The van der Waals surface area contributed by atoms with E-state index in [4.69, 9.17) is 5.11 Å². The van der Waals surface area contributed by atoms with E-state index < -0.39 is 27.1 Å². The summed E-state index contributed by atoms with van der Waals surface area (Å²) in [6, 6.07) is 4.97. The Morgan fingerprint density at radius 2 is 2.00 bits per heavy atom. The maximum Gasteiger partial charge on any atom is 0.333 e. The van der Waals surface area contributed by atoms with Gasteiger partial charge < -0.3 is 5.11 Å². The van der Waals surface area contributed by atoms with Gasteiger partial charge in [-0.1, -0.05) is 18.2 Å². The molecule has 1 rings (SSSR count). The molecular formula is C11H14N2O6S2. The van der Waals surface area contributed by atoms with Crippen molar-refractivity contribution in [3.63, 3.8) is 0 Å². The quantitative estimate of drug-likeness (QED) is 0.558. The van der Waals surface area contributed by atoms with Crippen molar-refractivity contribution in [1.82, 2.24) is 4.41 Å². The van der Waals surface area contributed by atoms with E-state index in [-0.39, 0.29) is 21.5 Å². The van der Waals surface area contributed by atoms with Crippen LogP contribution in [0.5, 0.6) is 0 Å². The molecule has 0 saturated heterocycles. The van der Waals surface area contributed by atoms with Crippen molar-refractivity contribution >= 4 is 27.8 Å². The van der Waals surface area contributed by atoms with Crippen molar-refractivity contribution in [1.29, 1.82) is 0 Å². The third-order valence-electron chi connectivity index (χ3n) is 2.60. The number of benzene rings is 1. The van der Waals surface area contributed by atoms with Crippen LogP contribution < -0.4 is 0 Å². The first-order chi connectivity index (χ1) is 9.82. The van der Waals surface area contributed by atoms with E-state index in [1.54, 1.807) is 12.3 Å². The molecule has 0 amide bonds. The smallest absolute Gasteiger partial charge is 0.333 e. The van der Waals surface area contributed by atoms with Crippen LogP contribution in [0.15, 0.2) is 35.2 Å². The Hall–Kier alpha value is -1.81. The molecule has 1 aromatic rings.